The van der Waals surface area contributed by atoms with Crippen molar-refractivity contribution in [2.24, 2.45) is 0 Å². The Kier molecular flexibility index (Phi) is 3.75. The number of nitrogens with two attached hydrogens (primary N) is 1. The van der Waals surface area contributed by atoms with Crippen molar-refractivity contribution in [3.05, 3.63) is 40.4 Å². The Morgan fingerprint density at radius 3 is 2.65 bits per heavy atom. The van der Waals surface area contributed by atoms with Gasteiger partial charge in [0, 0.05) is 12.3 Å². The van der Waals surface area contributed by atoms with E-state index in [1.54, 1.807) is 0 Å². The van der Waals surface area contributed by atoms with Gasteiger partial charge in [-0.3, -0.25) is 14.9 Å². The third-order valence-electron chi connectivity index (χ3n) is 2.40. The van der Waals surface area contributed by atoms with Crippen molar-refractivity contribution in [2.75, 3.05) is 11.1 Å². The Balaban J connectivity index is 2.26. The Morgan fingerprint density at radius 1 is 1.35 bits per heavy atom. The van der Waals surface area contributed by atoms with Crippen molar-refractivity contribution in [1.82, 2.24) is 4.98 Å². The Labute approximate surface area is 116 Å². The van der Waals surface area contributed by atoms with Crippen LogP contribution in [0.2, 0.25) is 0 Å². The van der Waals surface area contributed by atoms with Crippen molar-refractivity contribution in [3.63, 3.8) is 0 Å². The molecule has 0 saturated heterocycles. The summed E-state index contributed by atoms with van der Waals surface area (Å²) in [5.41, 5.74) is 4.44. The average Bonchev–Trinajstić information content (AvgIpc) is 2.82. The lowest BCUT2D eigenvalue weighted by Crippen LogP contribution is -2.15. The lowest BCUT2D eigenvalue weighted by Gasteiger charge is -2.05. The highest BCUT2D eigenvalue weighted by atomic mass is 32.1. The molecular weight excluding hydrogens is 288 g/mol. The van der Waals surface area contributed by atoms with Gasteiger partial charge in [0.15, 0.2) is 16.7 Å². The highest BCUT2D eigenvalue weighted by Gasteiger charge is 2.17. The molecule has 0 radical (unpaired) electrons. The van der Waals surface area contributed by atoms with Gasteiger partial charge in [-0.15, -0.1) is 11.3 Å². The summed E-state index contributed by atoms with van der Waals surface area (Å²) < 4.78 is 26.8. The number of hydrogen-bond acceptors (Lipinski definition) is 5. The third kappa shape index (κ3) is 2.80. The molecule has 2 aromatic rings. The van der Waals surface area contributed by atoms with Crippen molar-refractivity contribution < 1.29 is 18.4 Å². The summed E-state index contributed by atoms with van der Waals surface area (Å²) in [6.45, 7) is 1.33. The number of ketones is 1. The average molecular weight is 297 g/mol. The molecule has 1 heterocycles. The van der Waals surface area contributed by atoms with Crippen LogP contribution in [0, 0.1) is 11.6 Å². The number of Topliss-reactive ketones (excluding diaryl/α,β-unsaturated/α-hetero) is 1. The second-order valence-electron chi connectivity index (χ2n) is 3.90. The van der Waals surface area contributed by atoms with E-state index in [2.05, 4.69) is 10.3 Å². The summed E-state index contributed by atoms with van der Waals surface area (Å²) in [7, 11) is 0. The summed E-state index contributed by atoms with van der Waals surface area (Å²) >= 11 is 1.00. The maximum atomic E-state index is 13.6. The van der Waals surface area contributed by atoms with E-state index >= 15 is 0 Å². The zero-order valence-corrected chi connectivity index (χ0v) is 11.1. The van der Waals surface area contributed by atoms with Gasteiger partial charge < -0.3 is 5.73 Å². The predicted octanol–water partition coefficient (Wildman–Crippen LogP) is 2.46. The molecule has 1 aromatic heterocycles. The van der Waals surface area contributed by atoms with Crippen LogP contribution in [-0.4, -0.2) is 16.7 Å². The molecule has 0 bridgehead atoms. The van der Waals surface area contributed by atoms with Gasteiger partial charge in [-0.1, -0.05) is 0 Å². The first kappa shape index (κ1) is 14.1. The molecule has 3 N–H and O–H groups in total. The van der Waals surface area contributed by atoms with Gasteiger partial charge in [0.25, 0.3) is 5.91 Å². The minimum absolute atomic E-state index is 0.113. The zero-order chi connectivity index (χ0) is 14.9. The maximum Gasteiger partial charge on any atom is 0.260 e. The number of carbonyl (C=O) groups is 2. The number of hydrogen-bond donors (Lipinski definition) is 2. The highest BCUT2D eigenvalue weighted by molar-refractivity contribution is 7.14. The van der Waals surface area contributed by atoms with Crippen LogP contribution in [0.3, 0.4) is 0 Å². The fourth-order valence-electron chi connectivity index (χ4n) is 1.43. The molecule has 0 saturated carbocycles. The first-order valence-corrected chi connectivity index (χ1v) is 6.28. The molecule has 0 fully saturated rings. The molecule has 8 heteroatoms. The Morgan fingerprint density at radius 2 is 2.05 bits per heavy atom. The quantitative estimate of drug-likeness (QED) is 0.673. The van der Waals surface area contributed by atoms with Gasteiger partial charge in [-0.05, 0) is 12.1 Å². The maximum absolute atomic E-state index is 13.6. The van der Waals surface area contributed by atoms with E-state index < -0.39 is 28.8 Å². The summed E-state index contributed by atoms with van der Waals surface area (Å²) in [6.07, 6.45) is 0. The number of amides is 1. The number of benzene rings is 1. The number of nitrogen functional groups attached to an aromatic ring is 1. The molecule has 2 rings (SSSR count). The second-order valence-corrected chi connectivity index (χ2v) is 4.76. The molecule has 104 valence electrons. The van der Waals surface area contributed by atoms with Crippen molar-refractivity contribution in [3.8, 4) is 0 Å². The number of nitrogens with zero attached hydrogens (tertiary/aromatic N) is 1. The molecule has 0 aliphatic heterocycles. The summed E-state index contributed by atoms with van der Waals surface area (Å²) in [5.74, 6) is -2.98. The van der Waals surface area contributed by atoms with Crippen LogP contribution in [-0.2, 0) is 0 Å². The van der Waals surface area contributed by atoms with Crippen LogP contribution in [0.5, 0.6) is 0 Å². The normalized spacial score (nSPS) is 10.3. The van der Waals surface area contributed by atoms with Crippen molar-refractivity contribution >= 4 is 33.8 Å². The van der Waals surface area contributed by atoms with Gasteiger partial charge in [-0.2, -0.15) is 0 Å². The molecular formula is C12H9F2N3O2S. The molecule has 1 amide bonds. The second kappa shape index (κ2) is 5.33. The third-order valence-corrected chi connectivity index (χ3v) is 3.15. The Hall–Kier alpha value is -2.35. The van der Waals surface area contributed by atoms with Gasteiger partial charge >= 0.3 is 0 Å². The smallest absolute Gasteiger partial charge is 0.260 e. The molecule has 0 spiro atoms. The lowest BCUT2D eigenvalue weighted by molar-refractivity contribution is 0.100. The van der Waals surface area contributed by atoms with Crippen LogP contribution in [0.15, 0.2) is 17.5 Å². The molecule has 0 aliphatic carbocycles. The number of halogens is 2. The van der Waals surface area contributed by atoms with Crippen molar-refractivity contribution in [2.45, 2.75) is 6.92 Å². The van der Waals surface area contributed by atoms with Gasteiger partial charge in [-0.25, -0.2) is 13.8 Å². The minimum Gasteiger partial charge on any atom is -0.396 e. The monoisotopic (exact) mass is 297 g/mol. The fourth-order valence-corrected chi connectivity index (χ4v) is 2.18. The van der Waals surface area contributed by atoms with E-state index in [0.29, 0.717) is 0 Å². The van der Waals surface area contributed by atoms with Crippen LogP contribution in [0.25, 0.3) is 0 Å². The van der Waals surface area contributed by atoms with E-state index in [4.69, 9.17) is 5.73 Å². The number of thiazole rings is 1. The van der Waals surface area contributed by atoms with Crippen LogP contribution in [0.1, 0.15) is 27.8 Å². The highest BCUT2D eigenvalue weighted by Crippen LogP contribution is 2.21. The molecule has 0 unspecified atom stereocenters. The number of rotatable bonds is 3. The SMILES string of the molecule is CC(=O)c1csc(NC(=O)c2cc(F)cc(N)c2F)n1. The van der Waals surface area contributed by atoms with Crippen LogP contribution < -0.4 is 11.1 Å². The first-order chi connectivity index (χ1) is 9.38. The number of nitrogens with one attached hydrogen (secondary N) is 1. The van der Waals surface area contributed by atoms with E-state index in [9.17, 15) is 18.4 Å². The van der Waals surface area contributed by atoms with E-state index in [1.165, 1.54) is 12.3 Å². The summed E-state index contributed by atoms with van der Waals surface area (Å²) in [6, 6.07) is 1.52. The molecule has 1 aromatic carbocycles. The van der Waals surface area contributed by atoms with Gasteiger partial charge in [0.2, 0.25) is 0 Å². The zero-order valence-electron chi connectivity index (χ0n) is 10.2. The first-order valence-electron chi connectivity index (χ1n) is 5.41. The number of anilines is 2. The minimum atomic E-state index is -1.01. The summed E-state index contributed by atoms with van der Waals surface area (Å²) in [4.78, 5) is 26.7. The molecule has 0 aliphatic rings. The van der Waals surface area contributed by atoms with Gasteiger partial charge in [0.1, 0.15) is 11.5 Å². The lowest BCUT2D eigenvalue weighted by atomic mass is 10.1. The topological polar surface area (TPSA) is 85.1 Å². The number of carbonyl (C=O) groups excluding carboxylic acids is 2. The van der Waals surface area contributed by atoms with Gasteiger partial charge in [0.05, 0.1) is 11.3 Å². The van der Waals surface area contributed by atoms with Crippen molar-refractivity contribution in [1.29, 1.82) is 0 Å². The molecule has 5 nitrogen and oxygen atoms in total. The standard InChI is InChI=1S/C12H9F2N3O2S/c1-5(18)9-4-20-12(16-9)17-11(19)7-2-6(13)3-8(15)10(7)14/h2-4H,15H2,1H3,(H,16,17,19). The van der Waals surface area contributed by atoms with Crippen LogP contribution in [0.4, 0.5) is 19.6 Å². The summed E-state index contributed by atoms with van der Waals surface area (Å²) in [5, 5.41) is 3.85. The largest absolute Gasteiger partial charge is 0.396 e. The van der Waals surface area contributed by atoms with E-state index in [-0.39, 0.29) is 16.6 Å². The predicted molar refractivity (Wildman–Crippen MR) is 70.8 cm³/mol. The number of aromatic nitrogens is 1. The Bertz CT molecular complexity index is 700. The fraction of sp³-hybridized carbons (Fsp3) is 0.0833. The van der Waals surface area contributed by atoms with E-state index in [1.807, 2.05) is 0 Å². The van der Waals surface area contributed by atoms with E-state index in [0.717, 1.165) is 23.5 Å². The molecule has 20 heavy (non-hydrogen) atoms. The molecule has 0 atom stereocenters. The van der Waals surface area contributed by atoms with Crippen LogP contribution >= 0.6 is 11.3 Å².